The number of nitrogens with zero attached hydrogens (tertiary/aromatic N) is 6. The Kier molecular flexibility index (Phi) is 14.2. The molecule has 5 heterocycles. The van der Waals surface area contributed by atoms with Crippen LogP contribution in [0.4, 0.5) is 28.4 Å². The molecule has 0 atom stereocenters. The molecule has 5 aromatic rings. The number of sulfonamides is 1. The number of benzene rings is 3. The van der Waals surface area contributed by atoms with E-state index in [-0.39, 0.29) is 28.6 Å². The van der Waals surface area contributed by atoms with E-state index in [4.69, 9.17) is 21.3 Å². The summed E-state index contributed by atoms with van der Waals surface area (Å²) in [7, 11) is -6.88. The lowest BCUT2D eigenvalue weighted by Crippen LogP contribution is -2.47. The van der Waals surface area contributed by atoms with Gasteiger partial charge in [0.25, 0.3) is 21.6 Å². The van der Waals surface area contributed by atoms with Crippen LogP contribution >= 0.6 is 11.6 Å². The number of nitro groups is 1. The van der Waals surface area contributed by atoms with Crippen LogP contribution in [0.25, 0.3) is 16.6 Å². The highest BCUT2D eigenvalue weighted by atomic mass is 35.5. The van der Waals surface area contributed by atoms with Crippen molar-refractivity contribution in [3.05, 3.63) is 111 Å². The van der Waals surface area contributed by atoms with Gasteiger partial charge in [-0.3, -0.25) is 19.8 Å². The maximum absolute atomic E-state index is 14.5. The number of amides is 1. The third kappa shape index (κ3) is 11.1. The lowest BCUT2D eigenvalue weighted by molar-refractivity contribution is -0.384. The molecule has 0 saturated carbocycles. The van der Waals surface area contributed by atoms with Gasteiger partial charge >= 0.3 is 0 Å². The molecule has 3 N–H and O–H groups in total. The van der Waals surface area contributed by atoms with E-state index < -0.39 is 41.2 Å². The third-order valence-corrected chi connectivity index (χ3v) is 18.1. The van der Waals surface area contributed by atoms with Gasteiger partial charge < -0.3 is 24.8 Å². The van der Waals surface area contributed by atoms with Gasteiger partial charge in [0.15, 0.2) is 0 Å². The molecule has 3 aromatic carbocycles. The minimum Gasteiger partial charge on any atom is -0.476 e. The molecule has 16 nitrogen and oxygen atoms in total. The third-order valence-electron chi connectivity index (χ3n) is 14.0. The van der Waals surface area contributed by atoms with Gasteiger partial charge in [-0.15, -0.1) is 0 Å². The summed E-state index contributed by atoms with van der Waals surface area (Å²) in [4.78, 5) is 40.4. The molecule has 0 bridgehead atoms. The van der Waals surface area contributed by atoms with Crippen molar-refractivity contribution in [3.63, 3.8) is 0 Å². The molecule has 1 amide bonds. The van der Waals surface area contributed by atoms with Crippen molar-refractivity contribution in [1.29, 1.82) is 0 Å². The predicted molar refractivity (Wildman–Crippen MR) is 279 cm³/mol. The molecular weight excluding hydrogens is 950 g/mol. The summed E-state index contributed by atoms with van der Waals surface area (Å²) in [5.74, 6) is 0.541. The Morgan fingerprint density at radius 2 is 1.77 bits per heavy atom. The maximum atomic E-state index is 14.5. The lowest BCUT2D eigenvalue weighted by Gasteiger charge is -2.39. The molecule has 70 heavy (non-hydrogen) atoms. The second-order valence-corrected chi connectivity index (χ2v) is 24.7. The van der Waals surface area contributed by atoms with Crippen molar-refractivity contribution in [2.24, 2.45) is 15.7 Å². The van der Waals surface area contributed by atoms with Gasteiger partial charge in [-0.1, -0.05) is 43.2 Å². The quantitative estimate of drug-likeness (QED) is 0.0748. The monoisotopic (exact) mass is 1010 g/mol. The van der Waals surface area contributed by atoms with Crippen LogP contribution in [0, 0.1) is 21.4 Å². The number of rotatable bonds is 13. The van der Waals surface area contributed by atoms with E-state index in [0.29, 0.717) is 73.4 Å². The number of fused-ring (bicyclic) bond motifs is 2. The smallest absolute Gasteiger partial charge is 0.293 e. The minimum absolute atomic E-state index is 0.0233. The summed E-state index contributed by atoms with van der Waals surface area (Å²) < 4.78 is 54.0. The topological polar surface area (TPSA) is 195 Å². The van der Waals surface area contributed by atoms with Crippen molar-refractivity contribution in [2.45, 2.75) is 77.2 Å². The van der Waals surface area contributed by atoms with E-state index in [2.05, 4.69) is 55.2 Å². The van der Waals surface area contributed by atoms with Crippen LogP contribution in [-0.2, 0) is 19.8 Å². The number of carbonyl (C=O) groups is 1. The van der Waals surface area contributed by atoms with E-state index in [0.717, 1.165) is 74.1 Å². The molecule has 372 valence electrons. The summed E-state index contributed by atoms with van der Waals surface area (Å²) in [6.07, 6.45) is 6.88. The summed E-state index contributed by atoms with van der Waals surface area (Å²) in [6.45, 7) is 13.7. The van der Waals surface area contributed by atoms with Crippen LogP contribution in [0.15, 0.2) is 93.8 Å². The number of piperazine rings is 1. The van der Waals surface area contributed by atoms with Gasteiger partial charge in [0.2, 0.25) is 5.88 Å². The predicted octanol–water partition coefficient (Wildman–Crippen LogP) is 9.65. The van der Waals surface area contributed by atoms with E-state index in [9.17, 15) is 27.5 Å². The van der Waals surface area contributed by atoms with E-state index in [1.165, 1.54) is 28.8 Å². The average molecular weight is 1010 g/mol. The SMILES string of the molecule is CC(C)N=S1(=O)CCC(CNc2ccc(S(=O)(=O)NC(=O)c3ccc(N4CCN(CC5=C(c6ccc(Cl)cc6)CC(C)(C)CC5)CC4)cc3N3CCCOc4nc5[nH]ccc5cc43)cc2[N+](=O)[O-])CC1. The van der Waals surface area contributed by atoms with Crippen LogP contribution in [0.2, 0.25) is 5.02 Å². The summed E-state index contributed by atoms with van der Waals surface area (Å²) >= 11 is 6.28. The molecule has 4 aliphatic rings. The molecule has 3 aliphatic heterocycles. The molecule has 1 aliphatic carbocycles. The first-order chi connectivity index (χ1) is 33.4. The summed E-state index contributed by atoms with van der Waals surface area (Å²) in [5, 5.41) is 17.1. The number of nitrogens with one attached hydrogen (secondary N) is 3. The first kappa shape index (κ1) is 49.3. The largest absolute Gasteiger partial charge is 0.476 e. The van der Waals surface area contributed by atoms with Gasteiger partial charge in [-0.05, 0) is 129 Å². The fourth-order valence-corrected chi connectivity index (χ4v) is 13.9. The molecule has 19 heteroatoms. The van der Waals surface area contributed by atoms with E-state index in [1.807, 2.05) is 55.1 Å². The fourth-order valence-electron chi connectivity index (χ4n) is 10.2. The number of nitro benzene ring substituents is 1. The zero-order chi connectivity index (χ0) is 49.4. The first-order valence-electron chi connectivity index (χ1n) is 24.2. The van der Waals surface area contributed by atoms with Gasteiger partial charge in [-0.2, -0.15) is 4.98 Å². The second kappa shape index (κ2) is 20.2. The number of pyridine rings is 1. The Labute approximate surface area is 415 Å². The Balaban J connectivity index is 0.961. The van der Waals surface area contributed by atoms with Crippen molar-refractivity contribution in [2.75, 3.05) is 79.0 Å². The van der Waals surface area contributed by atoms with Gasteiger partial charge in [0.05, 0.1) is 33.7 Å². The number of anilines is 4. The van der Waals surface area contributed by atoms with E-state index in [1.54, 1.807) is 12.3 Å². The van der Waals surface area contributed by atoms with Gasteiger partial charge in [0.1, 0.15) is 17.0 Å². The van der Waals surface area contributed by atoms with Crippen molar-refractivity contribution in [1.82, 2.24) is 19.6 Å². The lowest BCUT2D eigenvalue weighted by atomic mass is 9.72. The average Bonchev–Trinajstić information content (AvgIpc) is 3.69. The molecular formula is C51H62ClN9O7S2. The Morgan fingerprint density at radius 1 is 1.01 bits per heavy atom. The van der Waals surface area contributed by atoms with Crippen LogP contribution in [0.3, 0.4) is 0 Å². The highest BCUT2D eigenvalue weighted by Crippen LogP contribution is 2.44. The molecule has 0 radical (unpaired) electrons. The zero-order valence-corrected chi connectivity index (χ0v) is 42.6. The minimum atomic E-state index is -4.61. The number of ether oxygens (including phenoxy) is 1. The normalized spacial score (nSPS) is 21.0. The number of halogens is 1. The molecule has 0 unspecified atom stereocenters. The van der Waals surface area contributed by atoms with E-state index >= 15 is 0 Å². The molecule has 2 aromatic heterocycles. The highest BCUT2D eigenvalue weighted by molar-refractivity contribution is 7.93. The number of aromatic nitrogens is 2. The molecule has 9 rings (SSSR count). The second-order valence-electron chi connectivity index (χ2n) is 20.1. The number of H-pyrrole nitrogens is 1. The van der Waals surface area contributed by atoms with Gasteiger partial charge in [-0.25, -0.2) is 21.7 Å². The number of hydrogen-bond acceptors (Lipinski definition) is 13. The van der Waals surface area contributed by atoms with Crippen LogP contribution in [0.5, 0.6) is 5.88 Å². The summed E-state index contributed by atoms with van der Waals surface area (Å²) in [6, 6.07) is 21.0. The highest BCUT2D eigenvalue weighted by Gasteiger charge is 2.32. The maximum Gasteiger partial charge on any atom is 0.293 e. The number of allylic oxidation sites excluding steroid dienone is 1. The standard InChI is InChI=1S/C51H62ClN9O7S2/c1-34(2)56-69(65)26-16-35(17-27-69)32-54-44-13-11-41(30-46(44)61(63)64)70(66,67)57-49(62)42-12-10-40(29-45(42)60-20-5-25-68-50-47(60)28-37-15-19-53-48(37)55-50)59-23-21-58(22-24-59)33-38-14-18-51(3,4)31-43(38)36-6-8-39(52)9-7-36/h6-13,15,19,28-30,34-35,54H,5,14,16-18,20-27,31-33H2,1-4H3,(H,53,55)(H,57,62). The van der Waals surface area contributed by atoms with Gasteiger partial charge in [0, 0.05) is 95.4 Å². The Bertz CT molecular complexity index is 3050. The fraction of sp³-hybridized carbons (Fsp3) is 0.451. The van der Waals surface area contributed by atoms with Crippen molar-refractivity contribution >= 4 is 82.3 Å². The molecule has 2 saturated heterocycles. The molecule has 0 spiro atoms. The Hall–Kier alpha value is -5.69. The number of hydrogen-bond donors (Lipinski definition) is 3. The summed E-state index contributed by atoms with van der Waals surface area (Å²) in [5.41, 5.74) is 6.77. The number of carbonyl (C=O) groups excluding carboxylic acids is 1. The van der Waals surface area contributed by atoms with Crippen LogP contribution in [-0.4, -0.2) is 108 Å². The molecule has 2 fully saturated rings. The van der Waals surface area contributed by atoms with Crippen LogP contribution in [0.1, 0.15) is 82.1 Å². The Morgan fingerprint density at radius 3 is 2.50 bits per heavy atom. The first-order valence-corrected chi connectivity index (χ1v) is 27.9. The van der Waals surface area contributed by atoms with Crippen molar-refractivity contribution in [3.8, 4) is 5.88 Å². The number of aromatic amines is 1. The zero-order valence-electron chi connectivity index (χ0n) is 40.2. The van der Waals surface area contributed by atoms with Crippen LogP contribution < -0.4 is 24.6 Å². The van der Waals surface area contributed by atoms with Crippen molar-refractivity contribution < 1.29 is 27.1 Å².